The second kappa shape index (κ2) is 7.02. The van der Waals surface area contributed by atoms with Gasteiger partial charge < -0.3 is 10.2 Å². The maximum Gasteiger partial charge on any atom is 0.325 e. The highest BCUT2D eigenvalue weighted by Gasteiger charge is 2.49. The van der Waals surface area contributed by atoms with E-state index in [-0.39, 0.29) is 12.5 Å². The zero-order valence-electron chi connectivity index (χ0n) is 15.3. The molecule has 2 saturated heterocycles. The van der Waals surface area contributed by atoms with Crippen molar-refractivity contribution >= 4 is 33.8 Å². The Hall–Kier alpha value is -1.89. The maximum absolute atomic E-state index is 13.0. The van der Waals surface area contributed by atoms with Crippen LogP contribution in [0.3, 0.4) is 0 Å². The first-order chi connectivity index (χ1) is 12.2. The molecule has 2 aliphatic rings. The molecule has 26 heavy (non-hydrogen) atoms. The summed E-state index contributed by atoms with van der Waals surface area (Å²) >= 11 is 3.39. The summed E-state index contributed by atoms with van der Waals surface area (Å²) in [5.74, 6) is 0.285. The molecule has 2 heterocycles. The van der Waals surface area contributed by atoms with Crippen LogP contribution in [0.2, 0.25) is 0 Å². The second-order valence-corrected chi connectivity index (χ2v) is 8.62. The van der Waals surface area contributed by atoms with Crippen LogP contribution in [0.4, 0.5) is 4.79 Å². The molecule has 1 aromatic rings. The number of piperidine rings is 1. The molecule has 1 N–H and O–H groups in total. The Bertz CT molecular complexity index is 743. The van der Waals surface area contributed by atoms with E-state index < -0.39 is 17.5 Å². The molecule has 0 saturated carbocycles. The van der Waals surface area contributed by atoms with E-state index in [1.165, 1.54) is 0 Å². The van der Waals surface area contributed by atoms with E-state index in [1.807, 2.05) is 12.1 Å². The van der Waals surface area contributed by atoms with Gasteiger partial charge in [0.05, 0.1) is 0 Å². The van der Waals surface area contributed by atoms with E-state index in [0.29, 0.717) is 30.5 Å². The molecule has 0 spiro atoms. The highest BCUT2D eigenvalue weighted by atomic mass is 79.9. The summed E-state index contributed by atoms with van der Waals surface area (Å²) in [6.45, 7) is 7.05. The summed E-state index contributed by atoms with van der Waals surface area (Å²) in [6.07, 6.45) is 1.09. The number of urea groups is 1. The molecule has 4 amide bonds. The first-order valence-corrected chi connectivity index (χ1v) is 9.68. The first-order valence-electron chi connectivity index (χ1n) is 8.88. The van der Waals surface area contributed by atoms with Gasteiger partial charge in [0.25, 0.3) is 5.91 Å². The monoisotopic (exact) mass is 421 g/mol. The molecule has 7 heteroatoms. The number of halogens is 1. The smallest absolute Gasteiger partial charge is 0.325 e. The summed E-state index contributed by atoms with van der Waals surface area (Å²) < 4.78 is 0.823. The Morgan fingerprint density at radius 2 is 1.92 bits per heavy atom. The van der Waals surface area contributed by atoms with E-state index >= 15 is 0 Å². The average Bonchev–Trinajstić information content (AvgIpc) is 2.78. The number of likely N-dealkylation sites (tertiary alicyclic amines) is 1. The van der Waals surface area contributed by atoms with Gasteiger partial charge in [0, 0.05) is 17.6 Å². The van der Waals surface area contributed by atoms with Crippen LogP contribution in [0.5, 0.6) is 0 Å². The lowest BCUT2D eigenvalue weighted by Crippen LogP contribution is -2.48. The van der Waals surface area contributed by atoms with Gasteiger partial charge in [0.15, 0.2) is 0 Å². The Kier molecular flexibility index (Phi) is 5.10. The third kappa shape index (κ3) is 3.49. The summed E-state index contributed by atoms with van der Waals surface area (Å²) in [4.78, 5) is 40.9. The predicted molar refractivity (Wildman–Crippen MR) is 101 cm³/mol. The largest absolute Gasteiger partial charge is 0.341 e. The normalized spacial score (nSPS) is 29.1. The minimum absolute atomic E-state index is 0.176. The summed E-state index contributed by atoms with van der Waals surface area (Å²) in [5, 5.41) is 2.75. The van der Waals surface area contributed by atoms with E-state index in [0.717, 1.165) is 15.8 Å². The molecule has 6 nitrogen and oxygen atoms in total. The van der Waals surface area contributed by atoms with E-state index in [4.69, 9.17) is 0 Å². The minimum atomic E-state index is -1.16. The number of carbonyl (C=O) groups is 3. The fourth-order valence-electron chi connectivity index (χ4n) is 3.94. The molecule has 0 unspecified atom stereocenters. The highest BCUT2D eigenvalue weighted by Crippen LogP contribution is 2.30. The number of rotatable bonds is 3. The molecule has 0 bridgehead atoms. The molecule has 3 atom stereocenters. The Balaban J connectivity index is 1.76. The first kappa shape index (κ1) is 18.9. The molecule has 0 radical (unpaired) electrons. The van der Waals surface area contributed by atoms with Crippen LogP contribution in [0, 0.1) is 11.8 Å². The third-order valence-electron chi connectivity index (χ3n) is 5.19. The van der Waals surface area contributed by atoms with Crippen molar-refractivity contribution in [2.24, 2.45) is 11.8 Å². The van der Waals surface area contributed by atoms with E-state index in [9.17, 15) is 14.4 Å². The Morgan fingerprint density at radius 3 is 2.54 bits per heavy atom. The molecule has 2 aliphatic heterocycles. The average molecular weight is 422 g/mol. The number of hydrogen-bond donors (Lipinski definition) is 1. The fourth-order valence-corrected chi connectivity index (χ4v) is 4.34. The zero-order chi connectivity index (χ0) is 19.1. The van der Waals surface area contributed by atoms with Gasteiger partial charge >= 0.3 is 6.03 Å². The van der Waals surface area contributed by atoms with Crippen LogP contribution in [-0.2, 0) is 15.1 Å². The van der Waals surface area contributed by atoms with Gasteiger partial charge in [0.1, 0.15) is 12.1 Å². The summed E-state index contributed by atoms with van der Waals surface area (Å²) in [7, 11) is 0. The van der Waals surface area contributed by atoms with Crippen LogP contribution < -0.4 is 5.32 Å². The van der Waals surface area contributed by atoms with Crippen molar-refractivity contribution in [1.82, 2.24) is 15.1 Å². The number of hydrogen-bond acceptors (Lipinski definition) is 3. The van der Waals surface area contributed by atoms with E-state index in [2.05, 4.69) is 35.1 Å². The molecular weight excluding hydrogens is 398 g/mol. The lowest BCUT2D eigenvalue weighted by molar-refractivity contribution is -0.140. The molecule has 2 fully saturated rings. The van der Waals surface area contributed by atoms with Crippen molar-refractivity contribution in [3.63, 3.8) is 0 Å². The number of nitrogens with one attached hydrogen (secondary N) is 1. The topological polar surface area (TPSA) is 69.7 Å². The SMILES string of the molecule is C[C@@H]1C[C@@H](C)CN(C(=O)CN2C(=O)N[C@@](C)(c3cccc(Br)c3)C2=O)C1. The minimum Gasteiger partial charge on any atom is -0.341 e. The van der Waals surface area contributed by atoms with Crippen molar-refractivity contribution in [3.05, 3.63) is 34.3 Å². The number of amides is 4. The highest BCUT2D eigenvalue weighted by molar-refractivity contribution is 9.10. The molecule has 140 valence electrons. The van der Waals surface area contributed by atoms with Crippen LogP contribution >= 0.6 is 15.9 Å². The molecule has 0 aliphatic carbocycles. The maximum atomic E-state index is 13.0. The van der Waals surface area contributed by atoms with Gasteiger partial charge in [-0.2, -0.15) is 0 Å². The van der Waals surface area contributed by atoms with Gasteiger partial charge in [-0.25, -0.2) is 4.79 Å². The van der Waals surface area contributed by atoms with Crippen molar-refractivity contribution in [1.29, 1.82) is 0 Å². The predicted octanol–water partition coefficient (Wildman–Crippen LogP) is 2.72. The van der Waals surface area contributed by atoms with Crippen molar-refractivity contribution in [2.45, 2.75) is 32.7 Å². The van der Waals surface area contributed by atoms with Gasteiger partial charge in [-0.1, -0.05) is 41.9 Å². The Labute approximate surface area is 162 Å². The molecule has 0 aromatic heterocycles. The van der Waals surface area contributed by atoms with Gasteiger partial charge in [-0.3, -0.25) is 14.5 Å². The van der Waals surface area contributed by atoms with Crippen LogP contribution in [0.25, 0.3) is 0 Å². The number of nitrogens with zero attached hydrogens (tertiary/aromatic N) is 2. The van der Waals surface area contributed by atoms with Crippen LogP contribution in [0.15, 0.2) is 28.7 Å². The zero-order valence-corrected chi connectivity index (χ0v) is 16.9. The standard InChI is InChI=1S/C19H24BrN3O3/c1-12-7-13(2)10-22(9-12)16(24)11-23-17(25)19(3,21-18(23)26)14-5-4-6-15(20)8-14/h4-6,8,12-13H,7,9-11H2,1-3H3,(H,21,26)/t12-,13-,19+/m1/s1. The van der Waals surface area contributed by atoms with Gasteiger partial charge in [-0.15, -0.1) is 0 Å². The summed E-state index contributed by atoms with van der Waals surface area (Å²) in [5.41, 5.74) is -0.482. The van der Waals surface area contributed by atoms with Crippen molar-refractivity contribution in [2.75, 3.05) is 19.6 Å². The van der Waals surface area contributed by atoms with Crippen LogP contribution in [0.1, 0.15) is 32.8 Å². The van der Waals surface area contributed by atoms with Gasteiger partial charge in [0.2, 0.25) is 5.91 Å². The molecule has 3 rings (SSSR count). The number of carbonyl (C=O) groups excluding carboxylic acids is 3. The van der Waals surface area contributed by atoms with Crippen molar-refractivity contribution in [3.8, 4) is 0 Å². The lowest BCUT2D eigenvalue weighted by atomic mass is 9.91. The molecular formula is C19H24BrN3O3. The summed E-state index contributed by atoms with van der Waals surface area (Å²) in [6, 6.07) is 6.74. The fraction of sp³-hybridized carbons (Fsp3) is 0.526. The molecule has 1 aromatic carbocycles. The second-order valence-electron chi connectivity index (χ2n) is 7.70. The quantitative estimate of drug-likeness (QED) is 0.762. The van der Waals surface area contributed by atoms with Crippen LogP contribution in [-0.4, -0.2) is 47.3 Å². The van der Waals surface area contributed by atoms with E-state index in [1.54, 1.807) is 24.0 Å². The number of imide groups is 1. The lowest BCUT2D eigenvalue weighted by Gasteiger charge is -2.35. The van der Waals surface area contributed by atoms with Crippen molar-refractivity contribution < 1.29 is 14.4 Å². The third-order valence-corrected chi connectivity index (χ3v) is 5.69. The van der Waals surface area contributed by atoms with Gasteiger partial charge in [-0.05, 0) is 42.9 Å². The number of benzene rings is 1. The Morgan fingerprint density at radius 1 is 1.27 bits per heavy atom.